The van der Waals surface area contributed by atoms with Crippen LogP contribution in [0.4, 0.5) is 0 Å². The van der Waals surface area contributed by atoms with Gasteiger partial charge in [-0.3, -0.25) is 4.79 Å². The minimum absolute atomic E-state index is 0.106. The normalized spacial score (nSPS) is 17.8. The molecule has 2 rings (SSSR count). The van der Waals surface area contributed by atoms with E-state index < -0.39 is 5.41 Å². The number of nitrogens with zero attached hydrogens (tertiary/aromatic N) is 1. The maximum Gasteiger partial charge on any atom is 0.233 e. The van der Waals surface area contributed by atoms with Crippen molar-refractivity contribution in [2.24, 2.45) is 11.1 Å². The van der Waals surface area contributed by atoms with Crippen molar-refractivity contribution in [1.29, 1.82) is 0 Å². The minimum Gasteiger partial charge on any atom is -0.381 e. The largest absolute Gasteiger partial charge is 0.381 e. The van der Waals surface area contributed by atoms with Crippen molar-refractivity contribution < 1.29 is 9.53 Å². The highest BCUT2D eigenvalue weighted by atomic mass is 35.5. The highest BCUT2D eigenvalue weighted by molar-refractivity contribution is 6.30. The van der Waals surface area contributed by atoms with Gasteiger partial charge in [0.15, 0.2) is 0 Å². The molecule has 0 atom stereocenters. The Morgan fingerprint density at radius 2 is 2.04 bits per heavy atom. The monoisotopic (exact) mass is 338 g/mol. The highest BCUT2D eigenvalue weighted by Gasteiger charge is 2.44. The van der Waals surface area contributed by atoms with Crippen LogP contribution in [0.1, 0.15) is 32.3 Å². The van der Waals surface area contributed by atoms with Crippen molar-refractivity contribution in [3.05, 3.63) is 34.9 Å². The molecule has 1 fully saturated rings. The van der Waals surface area contributed by atoms with Gasteiger partial charge in [0, 0.05) is 31.8 Å². The summed E-state index contributed by atoms with van der Waals surface area (Å²) in [5.41, 5.74) is 6.14. The first-order valence-corrected chi connectivity index (χ1v) is 8.48. The molecule has 128 valence electrons. The zero-order valence-electron chi connectivity index (χ0n) is 14.3. The third kappa shape index (κ3) is 4.06. The Morgan fingerprint density at radius 3 is 2.61 bits per heavy atom. The summed E-state index contributed by atoms with van der Waals surface area (Å²) >= 11 is 6.17. The van der Waals surface area contributed by atoms with Crippen molar-refractivity contribution in [1.82, 2.24) is 4.90 Å². The molecule has 0 aromatic heterocycles. The average molecular weight is 339 g/mol. The summed E-state index contributed by atoms with van der Waals surface area (Å²) in [5, 5.41) is 0.658. The number of hydrogen-bond donors (Lipinski definition) is 1. The predicted molar refractivity (Wildman–Crippen MR) is 93.7 cm³/mol. The van der Waals surface area contributed by atoms with Gasteiger partial charge < -0.3 is 15.4 Å². The van der Waals surface area contributed by atoms with Gasteiger partial charge in [0.05, 0.1) is 5.41 Å². The van der Waals surface area contributed by atoms with Gasteiger partial charge in [0.25, 0.3) is 0 Å². The molecule has 1 amide bonds. The molecule has 0 spiro atoms. The van der Waals surface area contributed by atoms with Crippen LogP contribution in [0.2, 0.25) is 5.02 Å². The average Bonchev–Trinajstić information content (AvgIpc) is 2.54. The smallest absolute Gasteiger partial charge is 0.233 e. The second-order valence-corrected chi connectivity index (χ2v) is 7.67. The number of nitrogens with two attached hydrogens (primary N) is 1. The zero-order chi connectivity index (χ0) is 17.1. The van der Waals surface area contributed by atoms with Gasteiger partial charge in [-0.2, -0.15) is 0 Å². The molecule has 4 nitrogen and oxygen atoms in total. The van der Waals surface area contributed by atoms with Crippen molar-refractivity contribution in [3.8, 4) is 0 Å². The van der Waals surface area contributed by atoms with E-state index in [9.17, 15) is 4.79 Å². The number of rotatable bonds is 5. The molecule has 0 saturated carbocycles. The van der Waals surface area contributed by atoms with Gasteiger partial charge >= 0.3 is 0 Å². The molecule has 0 unspecified atom stereocenters. The van der Waals surface area contributed by atoms with Crippen molar-refractivity contribution in [2.75, 3.05) is 33.4 Å². The first-order chi connectivity index (χ1) is 10.8. The molecule has 1 heterocycles. The number of halogens is 1. The number of hydrogen-bond acceptors (Lipinski definition) is 3. The van der Waals surface area contributed by atoms with Gasteiger partial charge in [-0.1, -0.05) is 37.6 Å². The maximum absolute atomic E-state index is 13.3. The fourth-order valence-electron chi connectivity index (χ4n) is 3.28. The van der Waals surface area contributed by atoms with E-state index in [1.54, 1.807) is 0 Å². The van der Waals surface area contributed by atoms with Crippen molar-refractivity contribution >= 4 is 17.5 Å². The van der Waals surface area contributed by atoms with E-state index in [-0.39, 0.29) is 11.3 Å². The van der Waals surface area contributed by atoms with Gasteiger partial charge in [0.1, 0.15) is 0 Å². The summed E-state index contributed by atoms with van der Waals surface area (Å²) in [4.78, 5) is 15.1. The molecular formula is C18H27ClN2O2. The lowest BCUT2D eigenvalue weighted by atomic mass is 9.72. The summed E-state index contributed by atoms with van der Waals surface area (Å²) in [5.74, 6) is 0.129. The standard InChI is InChI=1S/C18H27ClN2O2/c1-17(2,12-20)13-21(3)16(22)18(7-9-23-10-8-18)14-5-4-6-15(19)11-14/h4-6,11H,7-10,12-13,20H2,1-3H3. The minimum atomic E-state index is -0.553. The Hall–Kier alpha value is -1.10. The molecule has 1 aromatic carbocycles. The number of ether oxygens (including phenoxy) is 1. The molecule has 23 heavy (non-hydrogen) atoms. The first-order valence-electron chi connectivity index (χ1n) is 8.10. The van der Waals surface area contributed by atoms with Gasteiger partial charge in [-0.25, -0.2) is 0 Å². The number of carbonyl (C=O) groups excluding carboxylic acids is 1. The van der Waals surface area contributed by atoms with Crippen molar-refractivity contribution in [3.63, 3.8) is 0 Å². The first kappa shape index (κ1) is 18.2. The van der Waals surface area contributed by atoms with Crippen LogP contribution in [-0.4, -0.2) is 44.2 Å². The van der Waals surface area contributed by atoms with E-state index in [1.165, 1.54) is 0 Å². The summed E-state index contributed by atoms with van der Waals surface area (Å²) in [6.45, 7) is 6.50. The molecule has 2 N–H and O–H groups in total. The van der Waals surface area contributed by atoms with Crippen LogP contribution >= 0.6 is 11.6 Å². The summed E-state index contributed by atoms with van der Waals surface area (Å²) in [6, 6.07) is 7.65. The molecule has 0 bridgehead atoms. The maximum atomic E-state index is 13.3. The molecule has 1 aromatic rings. The molecule has 1 aliphatic heterocycles. The Balaban J connectivity index is 2.33. The molecule has 5 heteroatoms. The Kier molecular flexibility index (Phi) is 5.71. The quantitative estimate of drug-likeness (QED) is 0.898. The lowest BCUT2D eigenvalue weighted by Gasteiger charge is -2.41. The number of benzene rings is 1. The molecular weight excluding hydrogens is 312 g/mol. The van der Waals surface area contributed by atoms with Crippen LogP contribution in [0.3, 0.4) is 0 Å². The van der Waals surface area contributed by atoms with E-state index >= 15 is 0 Å². The van der Waals surface area contributed by atoms with Crippen LogP contribution < -0.4 is 5.73 Å². The molecule has 1 aliphatic rings. The number of likely N-dealkylation sites (N-methyl/N-ethyl adjacent to an activating group) is 1. The van der Waals surface area contributed by atoms with E-state index in [4.69, 9.17) is 22.1 Å². The fraction of sp³-hybridized carbons (Fsp3) is 0.611. The van der Waals surface area contributed by atoms with Crippen LogP contribution in [0.25, 0.3) is 0 Å². The third-order valence-electron chi connectivity index (χ3n) is 4.70. The van der Waals surface area contributed by atoms with Gasteiger partial charge in [0.2, 0.25) is 5.91 Å². The van der Waals surface area contributed by atoms with Crippen LogP contribution in [-0.2, 0) is 14.9 Å². The van der Waals surface area contributed by atoms with Crippen LogP contribution in [0, 0.1) is 5.41 Å². The highest BCUT2D eigenvalue weighted by Crippen LogP contribution is 2.38. The number of carbonyl (C=O) groups is 1. The molecule has 1 saturated heterocycles. The van der Waals surface area contributed by atoms with Crippen LogP contribution in [0.5, 0.6) is 0 Å². The second kappa shape index (κ2) is 7.20. The second-order valence-electron chi connectivity index (χ2n) is 7.23. The summed E-state index contributed by atoms with van der Waals surface area (Å²) in [7, 11) is 1.86. The topological polar surface area (TPSA) is 55.6 Å². The SMILES string of the molecule is CN(CC(C)(C)CN)C(=O)C1(c2cccc(Cl)c2)CCOCC1. The number of amides is 1. The summed E-state index contributed by atoms with van der Waals surface area (Å²) in [6.07, 6.45) is 1.36. The lowest BCUT2D eigenvalue weighted by Crippen LogP contribution is -2.51. The van der Waals surface area contributed by atoms with Gasteiger partial charge in [-0.15, -0.1) is 0 Å². The van der Waals surface area contributed by atoms with E-state index in [2.05, 4.69) is 13.8 Å². The van der Waals surface area contributed by atoms with E-state index in [0.29, 0.717) is 44.2 Å². The predicted octanol–water partition coefficient (Wildman–Crippen LogP) is 2.83. The van der Waals surface area contributed by atoms with Gasteiger partial charge in [-0.05, 0) is 42.5 Å². The summed E-state index contributed by atoms with van der Waals surface area (Å²) < 4.78 is 5.50. The molecule has 0 radical (unpaired) electrons. The zero-order valence-corrected chi connectivity index (χ0v) is 15.0. The van der Waals surface area contributed by atoms with E-state index in [0.717, 1.165) is 5.56 Å². The van der Waals surface area contributed by atoms with E-state index in [1.807, 2.05) is 36.2 Å². The Morgan fingerprint density at radius 1 is 1.39 bits per heavy atom. The Bertz CT molecular complexity index is 554. The lowest BCUT2D eigenvalue weighted by molar-refractivity contribution is -0.141. The Labute approximate surface area is 143 Å². The molecule has 0 aliphatic carbocycles. The third-order valence-corrected chi connectivity index (χ3v) is 4.93. The van der Waals surface area contributed by atoms with Crippen molar-refractivity contribution in [2.45, 2.75) is 32.1 Å². The van der Waals surface area contributed by atoms with Crippen LogP contribution in [0.15, 0.2) is 24.3 Å². The fourth-order valence-corrected chi connectivity index (χ4v) is 3.47.